The van der Waals surface area contributed by atoms with E-state index >= 15 is 0 Å². The first kappa shape index (κ1) is 24.5. The summed E-state index contributed by atoms with van der Waals surface area (Å²) in [5.74, 6) is -0.447. The first-order valence-electron chi connectivity index (χ1n) is 12.0. The van der Waals surface area contributed by atoms with Gasteiger partial charge in [0.25, 0.3) is 5.56 Å². The molecule has 1 aliphatic rings. The van der Waals surface area contributed by atoms with Gasteiger partial charge in [0.2, 0.25) is 11.8 Å². The maximum Gasteiger partial charge on any atom is 0.336 e. The first-order chi connectivity index (χ1) is 17.9. The predicted octanol–water partition coefficient (Wildman–Crippen LogP) is 2.94. The maximum absolute atomic E-state index is 13.5. The van der Waals surface area contributed by atoms with Crippen LogP contribution in [0.4, 0.5) is 0 Å². The zero-order valence-corrected chi connectivity index (χ0v) is 20.7. The summed E-state index contributed by atoms with van der Waals surface area (Å²) in [4.78, 5) is 51.7. The van der Waals surface area contributed by atoms with Crippen LogP contribution in [0.15, 0.2) is 82.4 Å². The largest absolute Gasteiger partial charge is 0.353 e. The molecule has 0 saturated heterocycles. The molecule has 1 heterocycles. The second-order valence-electron chi connectivity index (χ2n) is 9.08. The van der Waals surface area contributed by atoms with E-state index in [2.05, 4.69) is 10.6 Å². The van der Waals surface area contributed by atoms with E-state index < -0.39 is 17.2 Å². The summed E-state index contributed by atoms with van der Waals surface area (Å²) >= 11 is 6.17. The van der Waals surface area contributed by atoms with Gasteiger partial charge in [-0.2, -0.15) is 0 Å². The fourth-order valence-electron chi connectivity index (χ4n) is 4.19. The minimum absolute atomic E-state index is 0.0525. The molecule has 1 aromatic heterocycles. The van der Waals surface area contributed by atoms with E-state index in [0.29, 0.717) is 21.6 Å². The lowest BCUT2D eigenvalue weighted by molar-refractivity contribution is -0.122. The molecule has 0 aliphatic heterocycles. The van der Waals surface area contributed by atoms with E-state index in [1.807, 2.05) is 12.1 Å². The quantitative estimate of drug-likeness (QED) is 0.376. The topological polar surface area (TPSA) is 102 Å². The van der Waals surface area contributed by atoms with Gasteiger partial charge in [0.1, 0.15) is 6.54 Å². The summed E-state index contributed by atoms with van der Waals surface area (Å²) in [6.45, 7) is -0.0654. The number of hydrogen-bond donors (Lipinski definition) is 2. The van der Waals surface area contributed by atoms with Gasteiger partial charge < -0.3 is 10.6 Å². The second-order valence-corrected chi connectivity index (χ2v) is 9.49. The molecule has 5 rings (SSSR count). The van der Waals surface area contributed by atoms with Crippen molar-refractivity contribution in [1.29, 1.82) is 0 Å². The molecule has 0 spiro atoms. The molecule has 3 aromatic carbocycles. The Morgan fingerprint density at radius 2 is 1.59 bits per heavy atom. The van der Waals surface area contributed by atoms with E-state index in [0.717, 1.165) is 28.5 Å². The highest BCUT2D eigenvalue weighted by molar-refractivity contribution is 6.31. The maximum atomic E-state index is 13.5. The van der Waals surface area contributed by atoms with Crippen LogP contribution < -0.4 is 21.9 Å². The van der Waals surface area contributed by atoms with E-state index in [-0.39, 0.29) is 31.5 Å². The van der Waals surface area contributed by atoms with Crippen LogP contribution in [-0.2, 0) is 29.1 Å². The second kappa shape index (κ2) is 10.4. The molecule has 4 aromatic rings. The SMILES string of the molecule is O=C(Cn1c(=O)n(-c2ccc(CC(=O)NC3CC3)cc2)c(=O)c2ccccc21)NCc1ccccc1Cl. The van der Waals surface area contributed by atoms with Crippen LogP contribution in [0.3, 0.4) is 0 Å². The van der Waals surface area contributed by atoms with Gasteiger partial charge in [-0.3, -0.25) is 19.0 Å². The van der Waals surface area contributed by atoms with Gasteiger partial charge in [-0.25, -0.2) is 9.36 Å². The smallest absolute Gasteiger partial charge is 0.336 e. The Labute approximate surface area is 217 Å². The molecule has 0 bridgehead atoms. The molecule has 0 radical (unpaired) electrons. The van der Waals surface area contributed by atoms with Crippen LogP contribution in [0.25, 0.3) is 16.6 Å². The Balaban J connectivity index is 1.43. The first-order valence-corrected chi connectivity index (χ1v) is 12.4. The van der Waals surface area contributed by atoms with Gasteiger partial charge in [-0.15, -0.1) is 0 Å². The Bertz CT molecular complexity index is 1600. The lowest BCUT2D eigenvalue weighted by atomic mass is 10.1. The van der Waals surface area contributed by atoms with E-state index in [1.54, 1.807) is 60.7 Å². The molecule has 1 aliphatic carbocycles. The number of amides is 2. The summed E-state index contributed by atoms with van der Waals surface area (Å²) in [5, 5.41) is 6.58. The number of rotatable bonds is 8. The molecule has 0 unspecified atom stereocenters. The number of para-hydroxylation sites is 1. The highest BCUT2D eigenvalue weighted by atomic mass is 35.5. The third-order valence-corrected chi connectivity index (χ3v) is 6.66. The summed E-state index contributed by atoms with van der Waals surface area (Å²) in [7, 11) is 0. The van der Waals surface area contributed by atoms with Crippen molar-refractivity contribution in [3.05, 3.63) is 110 Å². The molecule has 37 heavy (non-hydrogen) atoms. The van der Waals surface area contributed by atoms with Crippen molar-refractivity contribution in [2.45, 2.75) is 38.4 Å². The third kappa shape index (κ3) is 5.49. The van der Waals surface area contributed by atoms with Gasteiger partial charge in [0.05, 0.1) is 23.0 Å². The average molecular weight is 517 g/mol. The molecular formula is C28H25ClN4O4. The summed E-state index contributed by atoms with van der Waals surface area (Å²) in [6, 6.07) is 20.9. The third-order valence-electron chi connectivity index (χ3n) is 6.29. The zero-order chi connectivity index (χ0) is 25.9. The van der Waals surface area contributed by atoms with Crippen molar-refractivity contribution in [3.8, 4) is 5.69 Å². The average Bonchev–Trinajstić information content (AvgIpc) is 3.71. The number of carbonyl (C=O) groups is 2. The molecule has 1 saturated carbocycles. The molecule has 188 valence electrons. The van der Waals surface area contributed by atoms with Gasteiger partial charge >= 0.3 is 5.69 Å². The molecule has 0 atom stereocenters. The van der Waals surface area contributed by atoms with Gasteiger partial charge in [-0.05, 0) is 54.3 Å². The van der Waals surface area contributed by atoms with Crippen LogP contribution in [0.5, 0.6) is 0 Å². The number of benzene rings is 3. The summed E-state index contributed by atoms with van der Waals surface area (Å²) in [6.07, 6.45) is 2.25. The van der Waals surface area contributed by atoms with Crippen molar-refractivity contribution in [3.63, 3.8) is 0 Å². The number of hydrogen-bond acceptors (Lipinski definition) is 4. The fourth-order valence-corrected chi connectivity index (χ4v) is 4.39. The molecular weight excluding hydrogens is 492 g/mol. The van der Waals surface area contributed by atoms with Crippen LogP contribution in [0.1, 0.15) is 24.0 Å². The molecule has 2 N–H and O–H groups in total. The van der Waals surface area contributed by atoms with Gasteiger partial charge in [-0.1, -0.05) is 54.1 Å². The minimum Gasteiger partial charge on any atom is -0.353 e. The highest BCUT2D eigenvalue weighted by Crippen LogP contribution is 2.19. The van der Waals surface area contributed by atoms with Crippen LogP contribution in [-0.4, -0.2) is 27.0 Å². The molecule has 1 fully saturated rings. The van der Waals surface area contributed by atoms with Gasteiger partial charge in [0, 0.05) is 17.6 Å². The van der Waals surface area contributed by atoms with E-state index in [1.165, 1.54) is 4.57 Å². The Morgan fingerprint density at radius 1 is 0.892 bits per heavy atom. The predicted molar refractivity (Wildman–Crippen MR) is 142 cm³/mol. The number of nitrogens with one attached hydrogen (secondary N) is 2. The lowest BCUT2D eigenvalue weighted by Crippen LogP contribution is -2.41. The van der Waals surface area contributed by atoms with Crippen molar-refractivity contribution >= 4 is 34.3 Å². The number of halogens is 1. The fraction of sp³-hybridized carbons (Fsp3) is 0.214. The lowest BCUT2D eigenvalue weighted by Gasteiger charge is -2.15. The summed E-state index contributed by atoms with van der Waals surface area (Å²) in [5.41, 5.74) is 1.15. The standard InChI is InChI=1S/C28H25ClN4O4/c29-23-7-3-1-5-19(23)16-30-26(35)17-32-24-8-4-2-6-22(24)27(36)33(28(32)37)21-13-9-18(10-14-21)15-25(34)31-20-11-12-20/h1-10,13-14,20H,11-12,15-17H2,(H,30,35)(H,31,34). The number of fused-ring (bicyclic) bond motifs is 1. The van der Waals surface area contributed by atoms with Crippen LogP contribution in [0, 0.1) is 0 Å². The van der Waals surface area contributed by atoms with Crippen LogP contribution in [0.2, 0.25) is 5.02 Å². The Kier molecular flexibility index (Phi) is 6.92. The Morgan fingerprint density at radius 3 is 2.32 bits per heavy atom. The monoisotopic (exact) mass is 516 g/mol. The Hall–Kier alpha value is -4.17. The number of carbonyl (C=O) groups excluding carboxylic acids is 2. The van der Waals surface area contributed by atoms with E-state index in [9.17, 15) is 19.2 Å². The summed E-state index contributed by atoms with van der Waals surface area (Å²) < 4.78 is 2.34. The molecule has 2 amide bonds. The number of aromatic nitrogens is 2. The minimum atomic E-state index is -0.629. The van der Waals surface area contributed by atoms with Crippen molar-refractivity contribution in [2.75, 3.05) is 0 Å². The highest BCUT2D eigenvalue weighted by Gasteiger charge is 2.23. The zero-order valence-electron chi connectivity index (χ0n) is 19.9. The normalized spacial score (nSPS) is 12.9. The van der Waals surface area contributed by atoms with Crippen molar-refractivity contribution in [1.82, 2.24) is 19.8 Å². The van der Waals surface area contributed by atoms with Gasteiger partial charge in [0.15, 0.2) is 0 Å². The number of nitrogens with zero attached hydrogens (tertiary/aromatic N) is 2. The molecule has 8 nitrogen and oxygen atoms in total. The van der Waals surface area contributed by atoms with Crippen molar-refractivity contribution < 1.29 is 9.59 Å². The molecule has 9 heteroatoms. The van der Waals surface area contributed by atoms with Crippen LogP contribution >= 0.6 is 11.6 Å². The van der Waals surface area contributed by atoms with Crippen molar-refractivity contribution in [2.24, 2.45) is 0 Å². The van der Waals surface area contributed by atoms with E-state index in [4.69, 9.17) is 11.6 Å².